The topological polar surface area (TPSA) is 67.7 Å². The highest BCUT2D eigenvalue weighted by Crippen LogP contribution is 2.33. The monoisotopic (exact) mass is 340 g/mol. The molecule has 1 aromatic heterocycles. The summed E-state index contributed by atoms with van der Waals surface area (Å²) in [7, 11) is 3.50. The minimum atomic E-state index is -0.468. The van der Waals surface area contributed by atoms with Crippen molar-refractivity contribution in [3.63, 3.8) is 0 Å². The third-order valence-electron chi connectivity index (χ3n) is 4.79. The molecule has 8 heteroatoms. The summed E-state index contributed by atoms with van der Waals surface area (Å²) in [5.41, 5.74) is 0.598. The van der Waals surface area contributed by atoms with Crippen LogP contribution >= 0.6 is 11.6 Å². The molecule has 0 bridgehead atoms. The third kappa shape index (κ3) is 2.78. The predicted octanol–water partition coefficient (Wildman–Crippen LogP) is 1.83. The molecular weight excluding hydrogens is 320 g/mol. The molecular formula is C15H21ClN4O3. The zero-order valence-electron chi connectivity index (χ0n) is 13.6. The summed E-state index contributed by atoms with van der Waals surface area (Å²) in [5, 5.41) is 4.63. The number of nitrogens with zero attached hydrogens (tertiary/aromatic N) is 4. The quantitative estimate of drug-likeness (QED) is 0.782. The second-order valence-electron chi connectivity index (χ2n) is 6.42. The third-order valence-corrected chi connectivity index (χ3v) is 5.24. The summed E-state index contributed by atoms with van der Waals surface area (Å²) >= 11 is 6.22. The summed E-state index contributed by atoms with van der Waals surface area (Å²) in [6.45, 7) is 3.56. The Morgan fingerprint density at radius 1 is 1.30 bits per heavy atom. The summed E-state index contributed by atoms with van der Waals surface area (Å²) in [6.07, 6.45) is 1.91. The average Bonchev–Trinajstić information content (AvgIpc) is 2.83. The van der Waals surface area contributed by atoms with Crippen LogP contribution < -0.4 is 0 Å². The van der Waals surface area contributed by atoms with E-state index in [9.17, 15) is 9.59 Å². The molecule has 0 saturated carbocycles. The Balaban J connectivity index is 1.74. The van der Waals surface area contributed by atoms with Gasteiger partial charge < -0.3 is 14.5 Å². The number of aryl methyl sites for hydroxylation is 1. The van der Waals surface area contributed by atoms with Gasteiger partial charge in [-0.1, -0.05) is 11.6 Å². The number of aromatic nitrogens is 2. The molecule has 126 valence electrons. The van der Waals surface area contributed by atoms with Crippen LogP contribution in [0, 0.1) is 6.92 Å². The number of carbonyl (C=O) groups is 2. The van der Waals surface area contributed by atoms with E-state index < -0.39 is 5.60 Å². The van der Waals surface area contributed by atoms with Gasteiger partial charge >= 0.3 is 6.09 Å². The minimum absolute atomic E-state index is 0.159. The van der Waals surface area contributed by atoms with E-state index in [0.717, 1.165) is 18.5 Å². The van der Waals surface area contributed by atoms with Crippen molar-refractivity contribution < 1.29 is 14.3 Å². The van der Waals surface area contributed by atoms with E-state index in [-0.39, 0.29) is 12.0 Å². The van der Waals surface area contributed by atoms with Gasteiger partial charge in [-0.2, -0.15) is 5.10 Å². The van der Waals surface area contributed by atoms with Gasteiger partial charge in [0.2, 0.25) is 0 Å². The molecule has 7 nitrogen and oxygen atoms in total. The van der Waals surface area contributed by atoms with Gasteiger partial charge in [0.05, 0.1) is 17.3 Å². The summed E-state index contributed by atoms with van der Waals surface area (Å²) in [4.78, 5) is 27.7. The highest BCUT2D eigenvalue weighted by molar-refractivity contribution is 6.34. The van der Waals surface area contributed by atoms with Crippen LogP contribution in [0.15, 0.2) is 0 Å². The Morgan fingerprint density at radius 3 is 2.61 bits per heavy atom. The van der Waals surface area contributed by atoms with Gasteiger partial charge in [0.1, 0.15) is 5.60 Å². The van der Waals surface area contributed by atoms with E-state index in [0.29, 0.717) is 36.8 Å². The first-order valence-electron chi connectivity index (χ1n) is 7.75. The predicted molar refractivity (Wildman–Crippen MR) is 84.6 cm³/mol. The molecule has 2 aliphatic heterocycles. The van der Waals surface area contributed by atoms with Crippen molar-refractivity contribution in [3.05, 3.63) is 16.4 Å². The number of carbonyl (C=O) groups excluding carboxylic acids is 2. The number of likely N-dealkylation sites (tertiary alicyclic amines) is 1. The van der Waals surface area contributed by atoms with Crippen molar-refractivity contribution in [1.29, 1.82) is 0 Å². The van der Waals surface area contributed by atoms with Crippen molar-refractivity contribution in [3.8, 4) is 0 Å². The lowest BCUT2D eigenvalue weighted by molar-refractivity contribution is 0.0438. The lowest BCUT2D eigenvalue weighted by Crippen LogP contribution is -2.37. The fourth-order valence-corrected chi connectivity index (χ4v) is 3.53. The molecule has 0 N–H and O–H groups in total. The molecule has 1 aromatic rings. The zero-order valence-corrected chi connectivity index (χ0v) is 14.4. The number of likely N-dealkylation sites (N-methyl/N-ethyl adjacent to an activating group) is 1. The van der Waals surface area contributed by atoms with Crippen LogP contribution in [0.1, 0.15) is 35.4 Å². The smallest absolute Gasteiger partial charge is 0.410 e. The number of hydrogen-bond donors (Lipinski definition) is 0. The molecule has 2 amide bonds. The highest BCUT2D eigenvalue weighted by atomic mass is 35.5. The van der Waals surface area contributed by atoms with Gasteiger partial charge in [0.25, 0.3) is 5.91 Å². The maximum Gasteiger partial charge on any atom is 0.410 e. The van der Waals surface area contributed by atoms with E-state index in [4.69, 9.17) is 16.3 Å². The standard InChI is InChI=1S/C15H21ClN4O3/c1-10-11(16)12(17-19(10)3)13(21)20-7-4-5-15(6-8-20)9-18(2)14(22)23-15/h4-9H2,1-3H3/t15-/m1/s1. The normalized spacial score (nSPS) is 25.0. The Kier molecular flexibility index (Phi) is 4.00. The molecule has 1 spiro atoms. The zero-order chi connectivity index (χ0) is 16.8. The molecule has 3 rings (SSSR count). The van der Waals surface area contributed by atoms with E-state index in [2.05, 4.69) is 5.10 Å². The van der Waals surface area contributed by atoms with Crippen molar-refractivity contribution >= 4 is 23.6 Å². The van der Waals surface area contributed by atoms with Crippen LogP contribution in [0.4, 0.5) is 4.79 Å². The number of halogens is 1. The van der Waals surface area contributed by atoms with Crippen LogP contribution in [0.5, 0.6) is 0 Å². The van der Waals surface area contributed by atoms with Crippen molar-refractivity contribution in [1.82, 2.24) is 19.6 Å². The first kappa shape index (κ1) is 16.1. The lowest BCUT2D eigenvalue weighted by atomic mass is 9.95. The van der Waals surface area contributed by atoms with Crippen molar-refractivity contribution in [2.75, 3.05) is 26.7 Å². The van der Waals surface area contributed by atoms with Gasteiger partial charge in [-0.05, 0) is 19.8 Å². The maximum atomic E-state index is 12.7. The second kappa shape index (κ2) is 5.70. The molecule has 1 atom stereocenters. The summed E-state index contributed by atoms with van der Waals surface area (Å²) in [6, 6.07) is 0. The van der Waals surface area contributed by atoms with Crippen molar-refractivity contribution in [2.45, 2.75) is 31.8 Å². The van der Waals surface area contributed by atoms with E-state index in [1.807, 2.05) is 6.92 Å². The number of ether oxygens (including phenoxy) is 1. The van der Waals surface area contributed by atoms with Gasteiger partial charge in [0.15, 0.2) is 5.69 Å². The van der Waals surface area contributed by atoms with Gasteiger partial charge in [-0.15, -0.1) is 0 Å². The molecule has 2 fully saturated rings. The van der Waals surface area contributed by atoms with Crippen LogP contribution in [0.2, 0.25) is 5.02 Å². The second-order valence-corrected chi connectivity index (χ2v) is 6.80. The van der Waals surface area contributed by atoms with Crippen molar-refractivity contribution in [2.24, 2.45) is 7.05 Å². The van der Waals surface area contributed by atoms with Crippen LogP contribution in [-0.4, -0.2) is 63.9 Å². The van der Waals surface area contributed by atoms with Gasteiger partial charge in [-0.3, -0.25) is 9.48 Å². The lowest BCUT2D eigenvalue weighted by Gasteiger charge is -2.25. The average molecular weight is 341 g/mol. The summed E-state index contributed by atoms with van der Waals surface area (Å²) < 4.78 is 7.18. The Labute approximate surface area is 140 Å². The van der Waals surface area contributed by atoms with Crippen LogP contribution in [0.25, 0.3) is 0 Å². The number of rotatable bonds is 1. The first-order chi connectivity index (χ1) is 10.8. The Hall–Kier alpha value is -1.76. The van der Waals surface area contributed by atoms with Crippen LogP contribution in [0.3, 0.4) is 0 Å². The number of hydrogen-bond acceptors (Lipinski definition) is 4. The Bertz CT molecular complexity index is 659. The van der Waals surface area contributed by atoms with Crippen LogP contribution in [-0.2, 0) is 11.8 Å². The highest BCUT2D eigenvalue weighted by Gasteiger charge is 2.45. The van der Waals surface area contributed by atoms with E-state index in [1.165, 1.54) is 0 Å². The molecule has 23 heavy (non-hydrogen) atoms. The molecule has 0 radical (unpaired) electrons. The fraction of sp³-hybridized carbons (Fsp3) is 0.667. The minimum Gasteiger partial charge on any atom is -0.441 e. The van der Waals surface area contributed by atoms with E-state index in [1.54, 1.807) is 28.6 Å². The molecule has 0 unspecified atom stereocenters. The summed E-state index contributed by atoms with van der Waals surface area (Å²) in [5.74, 6) is -0.159. The van der Waals surface area contributed by atoms with E-state index >= 15 is 0 Å². The van der Waals surface area contributed by atoms with Gasteiger partial charge in [0, 0.05) is 33.6 Å². The molecule has 0 aliphatic carbocycles. The molecule has 2 aliphatic rings. The fourth-order valence-electron chi connectivity index (χ4n) is 3.29. The maximum absolute atomic E-state index is 12.7. The molecule has 0 aromatic carbocycles. The largest absolute Gasteiger partial charge is 0.441 e. The molecule has 2 saturated heterocycles. The number of amides is 2. The first-order valence-corrected chi connectivity index (χ1v) is 8.13. The molecule has 3 heterocycles. The Morgan fingerprint density at radius 2 is 2.04 bits per heavy atom. The van der Waals surface area contributed by atoms with Gasteiger partial charge in [-0.25, -0.2) is 4.79 Å². The SMILES string of the molecule is Cc1c(Cl)c(C(=O)N2CCC[C@@]3(CC2)CN(C)C(=O)O3)nn1C.